The molecule has 0 aliphatic heterocycles. The third-order valence-corrected chi connectivity index (χ3v) is 2.62. The van der Waals surface area contributed by atoms with Crippen LogP contribution in [0.1, 0.15) is 64.7 Å². The number of aliphatic hydroxyl groups is 1. The first-order valence-corrected chi connectivity index (χ1v) is 6.09. The van der Waals surface area contributed by atoms with E-state index in [-0.39, 0.29) is 21.7 Å². The summed E-state index contributed by atoms with van der Waals surface area (Å²) in [6.07, 6.45) is 8.68. The van der Waals surface area contributed by atoms with Crippen LogP contribution in [0.5, 0.6) is 0 Å². The minimum atomic E-state index is -1.16. The number of aliphatic hydroxyl groups excluding tert-OH is 1. The first kappa shape index (κ1) is 18.5. The van der Waals surface area contributed by atoms with Crippen LogP contribution in [0.15, 0.2) is 0 Å². The molecular formula is C12H24O3Ti. The average molecular weight is 264 g/mol. The van der Waals surface area contributed by atoms with E-state index in [1.807, 2.05) is 0 Å². The smallest absolute Gasteiger partial charge is 0.332 e. The number of aliphatic carboxylic acids is 1. The van der Waals surface area contributed by atoms with Crippen molar-refractivity contribution in [2.75, 3.05) is 0 Å². The molecule has 0 aromatic carbocycles. The molecule has 16 heavy (non-hydrogen) atoms. The molecule has 0 saturated heterocycles. The standard InChI is InChI=1S/C12H24O3.Ti/c1-2-3-4-5-6-7-8-9-10-11(13)12(14)15;/h11,13H,2-10H2,1H3,(H,14,15);. The number of unbranched alkanes of at least 4 members (excludes halogenated alkanes) is 7. The monoisotopic (exact) mass is 264 g/mol. The van der Waals surface area contributed by atoms with Gasteiger partial charge in [0.1, 0.15) is 0 Å². The van der Waals surface area contributed by atoms with Crippen molar-refractivity contribution in [3.63, 3.8) is 0 Å². The van der Waals surface area contributed by atoms with E-state index in [9.17, 15) is 4.79 Å². The number of rotatable bonds is 10. The van der Waals surface area contributed by atoms with Crippen LogP contribution in [0.4, 0.5) is 0 Å². The first-order chi connectivity index (χ1) is 7.18. The van der Waals surface area contributed by atoms with Crippen LogP contribution in [0.3, 0.4) is 0 Å². The molecule has 0 radical (unpaired) electrons. The van der Waals surface area contributed by atoms with Gasteiger partial charge < -0.3 is 10.2 Å². The van der Waals surface area contributed by atoms with Crippen molar-refractivity contribution in [3.8, 4) is 0 Å². The molecule has 0 rings (SSSR count). The van der Waals surface area contributed by atoms with Crippen molar-refractivity contribution in [1.82, 2.24) is 0 Å². The Labute approximate surface area is 114 Å². The summed E-state index contributed by atoms with van der Waals surface area (Å²) in [6, 6.07) is 0. The van der Waals surface area contributed by atoms with E-state index in [1.54, 1.807) is 0 Å². The van der Waals surface area contributed by atoms with Gasteiger partial charge >= 0.3 is 5.97 Å². The fraction of sp³-hybridized carbons (Fsp3) is 0.917. The van der Waals surface area contributed by atoms with Crippen molar-refractivity contribution < 1.29 is 36.7 Å². The summed E-state index contributed by atoms with van der Waals surface area (Å²) in [5.41, 5.74) is 0. The van der Waals surface area contributed by atoms with E-state index in [2.05, 4.69) is 6.92 Å². The van der Waals surface area contributed by atoms with Crippen LogP contribution in [0.2, 0.25) is 0 Å². The fourth-order valence-corrected chi connectivity index (χ4v) is 1.60. The van der Waals surface area contributed by atoms with Crippen molar-refractivity contribution in [3.05, 3.63) is 0 Å². The van der Waals surface area contributed by atoms with Gasteiger partial charge in [0, 0.05) is 21.7 Å². The van der Waals surface area contributed by atoms with Gasteiger partial charge in [-0.25, -0.2) is 4.79 Å². The van der Waals surface area contributed by atoms with Crippen LogP contribution in [0, 0.1) is 0 Å². The normalized spacial score (nSPS) is 11.9. The Morgan fingerprint density at radius 3 is 1.88 bits per heavy atom. The summed E-state index contributed by atoms with van der Waals surface area (Å²) in [5.74, 6) is -1.10. The van der Waals surface area contributed by atoms with E-state index in [0.29, 0.717) is 6.42 Å². The average Bonchev–Trinajstić information content (AvgIpc) is 2.21. The summed E-state index contributed by atoms with van der Waals surface area (Å²) in [6.45, 7) is 2.20. The zero-order valence-electron chi connectivity index (χ0n) is 10.2. The summed E-state index contributed by atoms with van der Waals surface area (Å²) >= 11 is 0. The van der Waals surface area contributed by atoms with Gasteiger partial charge in [-0.3, -0.25) is 0 Å². The van der Waals surface area contributed by atoms with Gasteiger partial charge in [-0.15, -0.1) is 0 Å². The number of carbonyl (C=O) groups is 1. The van der Waals surface area contributed by atoms with Crippen molar-refractivity contribution in [2.45, 2.75) is 70.8 Å². The zero-order valence-corrected chi connectivity index (χ0v) is 11.8. The summed E-state index contributed by atoms with van der Waals surface area (Å²) in [7, 11) is 0. The second-order valence-corrected chi connectivity index (χ2v) is 4.12. The van der Waals surface area contributed by atoms with Gasteiger partial charge in [-0.1, -0.05) is 58.3 Å². The number of carboxylic acids is 1. The van der Waals surface area contributed by atoms with Gasteiger partial charge in [-0.05, 0) is 6.42 Å². The minimum absolute atomic E-state index is 0. The van der Waals surface area contributed by atoms with Gasteiger partial charge in [0.15, 0.2) is 6.10 Å². The predicted molar refractivity (Wildman–Crippen MR) is 60.9 cm³/mol. The Morgan fingerprint density at radius 2 is 1.44 bits per heavy atom. The maximum atomic E-state index is 10.3. The predicted octanol–water partition coefficient (Wildman–Crippen LogP) is 2.96. The molecule has 0 bridgehead atoms. The maximum Gasteiger partial charge on any atom is 0.332 e. The fourth-order valence-electron chi connectivity index (χ4n) is 1.60. The molecule has 2 N–H and O–H groups in total. The van der Waals surface area contributed by atoms with Crippen LogP contribution in [-0.2, 0) is 26.5 Å². The number of hydrogen-bond donors (Lipinski definition) is 2. The molecule has 0 saturated carbocycles. The van der Waals surface area contributed by atoms with Crippen LogP contribution in [0.25, 0.3) is 0 Å². The molecule has 1 unspecified atom stereocenters. The van der Waals surface area contributed by atoms with E-state index in [4.69, 9.17) is 10.2 Å². The molecule has 0 heterocycles. The van der Waals surface area contributed by atoms with Gasteiger partial charge in [0.05, 0.1) is 0 Å². The summed E-state index contributed by atoms with van der Waals surface area (Å²) < 4.78 is 0. The molecule has 0 fully saturated rings. The van der Waals surface area contributed by atoms with E-state index in [0.717, 1.165) is 19.3 Å². The van der Waals surface area contributed by atoms with Crippen LogP contribution in [-0.4, -0.2) is 22.3 Å². The van der Waals surface area contributed by atoms with E-state index >= 15 is 0 Å². The van der Waals surface area contributed by atoms with Crippen molar-refractivity contribution >= 4 is 5.97 Å². The topological polar surface area (TPSA) is 57.5 Å². The summed E-state index contributed by atoms with van der Waals surface area (Å²) in [5, 5.41) is 17.4. The molecule has 3 nitrogen and oxygen atoms in total. The third-order valence-electron chi connectivity index (χ3n) is 2.62. The van der Waals surface area contributed by atoms with Crippen LogP contribution >= 0.6 is 0 Å². The zero-order chi connectivity index (χ0) is 11.5. The van der Waals surface area contributed by atoms with E-state index < -0.39 is 12.1 Å². The Kier molecular flexibility index (Phi) is 15.3. The van der Waals surface area contributed by atoms with Crippen LogP contribution < -0.4 is 0 Å². The SMILES string of the molecule is CCCCCCCCCCC(O)C(=O)O.[Ti]. The number of carboxylic acid groups (broad SMARTS) is 1. The Hall–Kier alpha value is 0.144. The molecule has 0 aliphatic rings. The third kappa shape index (κ3) is 12.2. The Balaban J connectivity index is 0. The summed E-state index contributed by atoms with van der Waals surface area (Å²) in [4.78, 5) is 10.3. The molecule has 0 amide bonds. The Bertz CT molecular complexity index is 162. The molecule has 0 spiro atoms. The van der Waals surface area contributed by atoms with Gasteiger partial charge in [-0.2, -0.15) is 0 Å². The first-order valence-electron chi connectivity index (χ1n) is 6.09. The molecule has 0 aromatic heterocycles. The van der Waals surface area contributed by atoms with Crippen molar-refractivity contribution in [2.24, 2.45) is 0 Å². The molecule has 4 heteroatoms. The largest absolute Gasteiger partial charge is 0.479 e. The molecule has 94 valence electrons. The van der Waals surface area contributed by atoms with Gasteiger partial charge in [0.2, 0.25) is 0 Å². The molecular weight excluding hydrogens is 240 g/mol. The van der Waals surface area contributed by atoms with Crippen molar-refractivity contribution in [1.29, 1.82) is 0 Å². The second kappa shape index (κ2) is 13.2. The second-order valence-electron chi connectivity index (χ2n) is 4.12. The minimum Gasteiger partial charge on any atom is -0.479 e. The molecule has 0 aromatic rings. The molecule has 0 aliphatic carbocycles. The Morgan fingerprint density at radius 1 is 1.00 bits per heavy atom. The van der Waals surface area contributed by atoms with E-state index in [1.165, 1.54) is 32.1 Å². The maximum absolute atomic E-state index is 10.3. The molecule has 1 atom stereocenters. The quantitative estimate of drug-likeness (QED) is 0.471. The number of hydrogen-bond acceptors (Lipinski definition) is 2. The van der Waals surface area contributed by atoms with Gasteiger partial charge in [0.25, 0.3) is 0 Å².